The highest BCUT2D eigenvalue weighted by Gasteiger charge is 2.11. The van der Waals surface area contributed by atoms with Crippen molar-refractivity contribution in [1.29, 1.82) is 0 Å². The van der Waals surface area contributed by atoms with Crippen molar-refractivity contribution in [3.8, 4) is 0 Å². The van der Waals surface area contributed by atoms with Crippen molar-refractivity contribution in [2.75, 3.05) is 33.2 Å². The van der Waals surface area contributed by atoms with Crippen LogP contribution < -0.4 is 0 Å². The molecule has 16 heavy (non-hydrogen) atoms. The molecule has 0 aromatic heterocycles. The minimum absolute atomic E-state index is 0.0874. The van der Waals surface area contributed by atoms with Crippen LogP contribution in [0.4, 0.5) is 0 Å². The molecule has 94 valence electrons. The van der Waals surface area contributed by atoms with Crippen molar-refractivity contribution in [1.82, 2.24) is 9.80 Å². The van der Waals surface area contributed by atoms with Gasteiger partial charge in [-0.1, -0.05) is 13.8 Å². The van der Waals surface area contributed by atoms with E-state index in [-0.39, 0.29) is 18.7 Å². The van der Waals surface area contributed by atoms with E-state index in [4.69, 9.17) is 5.11 Å². The van der Waals surface area contributed by atoms with E-state index in [2.05, 4.69) is 18.7 Å². The highest BCUT2D eigenvalue weighted by Crippen LogP contribution is 1.97. The van der Waals surface area contributed by atoms with E-state index in [0.29, 0.717) is 6.54 Å². The predicted octanol–water partition coefficient (Wildman–Crippen LogP) is 0.651. The molecule has 0 saturated heterocycles. The Hall–Kier alpha value is -1.10. The summed E-state index contributed by atoms with van der Waals surface area (Å²) in [5.74, 6) is -1.03. The van der Waals surface area contributed by atoms with Crippen molar-refractivity contribution in [2.45, 2.75) is 26.7 Å². The number of hydrogen-bond donors (Lipinski definition) is 1. The number of nitrogens with zero attached hydrogens (tertiary/aromatic N) is 2. The Kier molecular flexibility index (Phi) is 7.54. The smallest absolute Gasteiger partial charge is 0.303 e. The molecule has 5 heteroatoms. The molecular weight excluding hydrogens is 208 g/mol. The van der Waals surface area contributed by atoms with Gasteiger partial charge in [-0.2, -0.15) is 0 Å². The third-order valence-electron chi connectivity index (χ3n) is 2.62. The molecule has 0 spiro atoms. The molecular formula is C11H22N2O3. The number of hydrogen-bond acceptors (Lipinski definition) is 3. The van der Waals surface area contributed by atoms with Crippen LogP contribution in [0.1, 0.15) is 26.7 Å². The highest BCUT2D eigenvalue weighted by atomic mass is 16.4. The first-order valence-corrected chi connectivity index (χ1v) is 5.69. The van der Waals surface area contributed by atoms with Crippen LogP contribution in [0.3, 0.4) is 0 Å². The van der Waals surface area contributed by atoms with Gasteiger partial charge in [0, 0.05) is 26.6 Å². The fourth-order valence-electron chi connectivity index (χ4n) is 1.36. The third-order valence-corrected chi connectivity index (χ3v) is 2.62. The Morgan fingerprint density at radius 2 is 1.62 bits per heavy atom. The van der Waals surface area contributed by atoms with Crippen molar-refractivity contribution in [3.63, 3.8) is 0 Å². The Bertz CT molecular complexity index is 227. The van der Waals surface area contributed by atoms with Crippen LogP contribution in [-0.2, 0) is 9.59 Å². The number of likely N-dealkylation sites (N-methyl/N-ethyl adjacent to an activating group) is 2. The summed E-state index contributed by atoms with van der Waals surface area (Å²) in [6, 6.07) is 0. The first kappa shape index (κ1) is 14.9. The lowest BCUT2D eigenvalue weighted by molar-refractivity contribution is -0.140. The summed E-state index contributed by atoms with van der Waals surface area (Å²) in [4.78, 5) is 25.6. The second kappa shape index (κ2) is 8.10. The SMILES string of the molecule is CCN(CC)CCN(C)C(=O)CCC(=O)O. The van der Waals surface area contributed by atoms with Gasteiger partial charge < -0.3 is 14.9 Å². The predicted molar refractivity (Wildman–Crippen MR) is 62.3 cm³/mol. The molecule has 0 bridgehead atoms. The second-order valence-corrected chi connectivity index (χ2v) is 3.74. The molecule has 1 amide bonds. The topological polar surface area (TPSA) is 60.9 Å². The highest BCUT2D eigenvalue weighted by molar-refractivity contribution is 5.80. The maximum atomic E-state index is 11.5. The zero-order chi connectivity index (χ0) is 12.6. The summed E-state index contributed by atoms with van der Waals surface area (Å²) in [6.45, 7) is 7.58. The molecule has 0 aliphatic rings. The lowest BCUT2D eigenvalue weighted by Crippen LogP contribution is -2.36. The van der Waals surface area contributed by atoms with E-state index in [1.807, 2.05) is 0 Å². The molecule has 0 aliphatic heterocycles. The molecule has 0 aromatic rings. The van der Waals surface area contributed by atoms with Gasteiger partial charge in [-0.25, -0.2) is 0 Å². The number of rotatable bonds is 8. The molecule has 0 saturated carbocycles. The Balaban J connectivity index is 3.82. The molecule has 5 nitrogen and oxygen atoms in total. The maximum Gasteiger partial charge on any atom is 0.303 e. The van der Waals surface area contributed by atoms with Gasteiger partial charge in [0.05, 0.1) is 6.42 Å². The van der Waals surface area contributed by atoms with Crippen molar-refractivity contribution < 1.29 is 14.7 Å². The van der Waals surface area contributed by atoms with E-state index >= 15 is 0 Å². The summed E-state index contributed by atoms with van der Waals surface area (Å²) < 4.78 is 0. The monoisotopic (exact) mass is 230 g/mol. The molecule has 0 atom stereocenters. The quantitative estimate of drug-likeness (QED) is 0.665. The number of amides is 1. The number of carboxylic acid groups (broad SMARTS) is 1. The number of carbonyl (C=O) groups is 2. The van der Waals surface area contributed by atoms with Crippen LogP contribution in [0.2, 0.25) is 0 Å². The van der Waals surface area contributed by atoms with E-state index in [1.54, 1.807) is 11.9 Å². The van der Waals surface area contributed by atoms with E-state index in [9.17, 15) is 9.59 Å². The normalized spacial score (nSPS) is 10.5. The number of carboxylic acids is 1. The van der Waals surface area contributed by atoms with Crippen molar-refractivity contribution >= 4 is 11.9 Å². The number of carbonyl (C=O) groups excluding carboxylic acids is 1. The minimum Gasteiger partial charge on any atom is -0.481 e. The van der Waals surface area contributed by atoms with Crippen molar-refractivity contribution in [2.24, 2.45) is 0 Å². The van der Waals surface area contributed by atoms with Crippen LogP contribution in [0, 0.1) is 0 Å². The summed E-state index contributed by atoms with van der Waals surface area (Å²) in [6.07, 6.45) is -0.00146. The van der Waals surface area contributed by atoms with Gasteiger partial charge in [0.25, 0.3) is 0 Å². The van der Waals surface area contributed by atoms with Crippen molar-refractivity contribution in [3.05, 3.63) is 0 Å². The molecule has 0 aromatic carbocycles. The summed E-state index contributed by atoms with van der Waals surface area (Å²) in [5, 5.41) is 8.46. The zero-order valence-electron chi connectivity index (χ0n) is 10.4. The summed E-state index contributed by atoms with van der Waals surface area (Å²) >= 11 is 0. The molecule has 0 fully saturated rings. The lowest BCUT2D eigenvalue weighted by Gasteiger charge is -2.23. The summed E-state index contributed by atoms with van der Waals surface area (Å²) in [5.41, 5.74) is 0. The van der Waals surface area contributed by atoms with Crippen LogP contribution in [0.15, 0.2) is 0 Å². The van der Waals surface area contributed by atoms with Gasteiger partial charge in [-0.3, -0.25) is 9.59 Å². The Morgan fingerprint density at radius 3 is 2.06 bits per heavy atom. The average molecular weight is 230 g/mol. The number of aliphatic carboxylic acids is 1. The van der Waals surface area contributed by atoms with Crippen LogP contribution in [0.25, 0.3) is 0 Å². The first-order valence-electron chi connectivity index (χ1n) is 5.69. The standard InChI is InChI=1S/C11H22N2O3/c1-4-13(5-2)9-8-12(3)10(14)6-7-11(15)16/h4-9H2,1-3H3,(H,15,16). The molecule has 0 aliphatic carbocycles. The van der Waals surface area contributed by atoms with Gasteiger partial charge in [0.1, 0.15) is 0 Å². The van der Waals surface area contributed by atoms with Gasteiger partial charge in [0.15, 0.2) is 0 Å². The largest absolute Gasteiger partial charge is 0.481 e. The van der Waals surface area contributed by atoms with Gasteiger partial charge in [0.2, 0.25) is 5.91 Å². The average Bonchev–Trinajstić information content (AvgIpc) is 2.26. The molecule has 0 heterocycles. The van der Waals surface area contributed by atoms with Crippen LogP contribution in [-0.4, -0.2) is 60.0 Å². The lowest BCUT2D eigenvalue weighted by atomic mass is 10.3. The van der Waals surface area contributed by atoms with Gasteiger partial charge in [-0.15, -0.1) is 0 Å². The zero-order valence-corrected chi connectivity index (χ0v) is 10.4. The maximum absolute atomic E-state index is 11.5. The molecule has 0 rings (SSSR count). The van der Waals surface area contributed by atoms with Gasteiger partial charge >= 0.3 is 5.97 Å². The molecule has 0 radical (unpaired) electrons. The van der Waals surface area contributed by atoms with E-state index < -0.39 is 5.97 Å². The fraction of sp³-hybridized carbons (Fsp3) is 0.818. The minimum atomic E-state index is -0.925. The third kappa shape index (κ3) is 6.40. The Morgan fingerprint density at radius 1 is 1.06 bits per heavy atom. The first-order chi connectivity index (χ1) is 7.51. The second-order valence-electron chi connectivity index (χ2n) is 3.74. The summed E-state index contributed by atoms with van der Waals surface area (Å²) in [7, 11) is 1.72. The molecule has 1 N–H and O–H groups in total. The van der Waals surface area contributed by atoms with Gasteiger partial charge in [-0.05, 0) is 13.1 Å². The Labute approximate surface area is 97.0 Å². The van der Waals surface area contributed by atoms with E-state index in [0.717, 1.165) is 19.6 Å². The van der Waals surface area contributed by atoms with Crippen LogP contribution in [0.5, 0.6) is 0 Å². The fourth-order valence-corrected chi connectivity index (χ4v) is 1.36. The van der Waals surface area contributed by atoms with E-state index in [1.165, 1.54) is 0 Å². The molecule has 0 unspecified atom stereocenters. The van der Waals surface area contributed by atoms with Crippen LogP contribution >= 0.6 is 0 Å².